The van der Waals surface area contributed by atoms with Gasteiger partial charge >= 0.3 is 0 Å². The smallest absolute Gasteiger partial charge is 0.255 e. The Labute approximate surface area is 153 Å². The maximum atomic E-state index is 12.6. The summed E-state index contributed by atoms with van der Waals surface area (Å²) in [5.74, 6) is 1.81. The summed E-state index contributed by atoms with van der Waals surface area (Å²) in [4.78, 5) is 18.6. The van der Waals surface area contributed by atoms with Crippen molar-refractivity contribution in [3.8, 4) is 0 Å². The first kappa shape index (κ1) is 17.3. The Morgan fingerprint density at radius 2 is 2.20 bits per heavy atom. The van der Waals surface area contributed by atoms with Gasteiger partial charge in [0.15, 0.2) is 0 Å². The zero-order valence-electron chi connectivity index (χ0n) is 14.8. The van der Waals surface area contributed by atoms with Crippen LogP contribution in [0.4, 0.5) is 0 Å². The summed E-state index contributed by atoms with van der Waals surface area (Å²) in [6.45, 7) is 6.25. The molecule has 0 N–H and O–H groups in total. The molecule has 1 atom stereocenters. The molecule has 1 aromatic heterocycles. The van der Waals surface area contributed by atoms with Crippen molar-refractivity contribution in [2.75, 3.05) is 38.7 Å². The fraction of sp³-hybridized carbons (Fsp3) is 0.684. The Balaban J connectivity index is 1.25. The molecular weight excluding hydrogens is 336 g/mol. The Bertz CT molecular complexity index is 627. The monoisotopic (exact) mass is 362 g/mol. The van der Waals surface area contributed by atoms with E-state index in [4.69, 9.17) is 9.47 Å². The van der Waals surface area contributed by atoms with E-state index in [1.807, 2.05) is 29.7 Å². The minimum atomic E-state index is 0.106. The molecule has 1 amide bonds. The molecule has 3 aliphatic heterocycles. The van der Waals surface area contributed by atoms with Crippen LogP contribution < -0.4 is 0 Å². The second-order valence-corrected chi connectivity index (χ2v) is 9.11. The van der Waals surface area contributed by atoms with Crippen LogP contribution in [0, 0.1) is 12.8 Å². The number of hydrogen-bond donors (Lipinski definition) is 0. The maximum Gasteiger partial charge on any atom is 0.255 e. The van der Waals surface area contributed by atoms with Crippen molar-refractivity contribution < 1.29 is 14.3 Å². The largest absolute Gasteiger partial charge is 0.381 e. The maximum absolute atomic E-state index is 12.6. The molecule has 0 saturated carbocycles. The zero-order valence-corrected chi connectivity index (χ0v) is 15.6. The number of pyridine rings is 1. The molecule has 0 unspecified atom stereocenters. The van der Waals surface area contributed by atoms with Crippen LogP contribution in [-0.2, 0) is 9.47 Å². The summed E-state index contributed by atoms with van der Waals surface area (Å²) in [6.07, 6.45) is 7.10. The highest BCUT2D eigenvalue weighted by Gasteiger charge is 2.51. The van der Waals surface area contributed by atoms with E-state index >= 15 is 0 Å². The number of ether oxygens (including phenoxy) is 2. The predicted octanol–water partition coefficient (Wildman–Crippen LogP) is 2.53. The summed E-state index contributed by atoms with van der Waals surface area (Å²) in [6, 6.07) is 1.92. The van der Waals surface area contributed by atoms with Crippen LogP contribution in [0.5, 0.6) is 0 Å². The van der Waals surface area contributed by atoms with Gasteiger partial charge in [-0.25, -0.2) is 0 Å². The lowest BCUT2D eigenvalue weighted by molar-refractivity contribution is -0.0118. The van der Waals surface area contributed by atoms with Crippen molar-refractivity contribution in [2.24, 2.45) is 5.92 Å². The van der Waals surface area contributed by atoms with E-state index in [1.54, 1.807) is 12.4 Å². The van der Waals surface area contributed by atoms with E-state index in [0.717, 1.165) is 63.5 Å². The van der Waals surface area contributed by atoms with Gasteiger partial charge in [0.25, 0.3) is 5.91 Å². The first-order valence-electron chi connectivity index (χ1n) is 9.18. The van der Waals surface area contributed by atoms with Gasteiger partial charge in [0.1, 0.15) is 0 Å². The highest BCUT2D eigenvalue weighted by Crippen LogP contribution is 2.46. The van der Waals surface area contributed by atoms with Crippen LogP contribution in [0.2, 0.25) is 0 Å². The number of amides is 1. The molecule has 4 rings (SSSR count). The number of carbonyl (C=O) groups excluding carboxylic acids is 1. The fourth-order valence-electron chi connectivity index (χ4n) is 3.96. The van der Waals surface area contributed by atoms with Crippen molar-refractivity contribution in [3.05, 3.63) is 29.6 Å². The number of aryl methyl sites for hydroxylation is 1. The molecule has 3 saturated heterocycles. The van der Waals surface area contributed by atoms with E-state index in [2.05, 4.69) is 4.98 Å². The third kappa shape index (κ3) is 3.86. The van der Waals surface area contributed by atoms with Crippen molar-refractivity contribution in [2.45, 2.75) is 37.0 Å². The van der Waals surface area contributed by atoms with Gasteiger partial charge in [0.05, 0.1) is 16.4 Å². The van der Waals surface area contributed by atoms with Crippen LogP contribution in [0.25, 0.3) is 0 Å². The lowest BCUT2D eigenvalue weighted by atomic mass is 9.92. The van der Waals surface area contributed by atoms with Crippen molar-refractivity contribution >= 4 is 17.7 Å². The summed E-state index contributed by atoms with van der Waals surface area (Å²) < 4.78 is 11.8. The quantitative estimate of drug-likeness (QED) is 0.824. The molecule has 4 heterocycles. The van der Waals surface area contributed by atoms with E-state index in [-0.39, 0.29) is 10.7 Å². The minimum Gasteiger partial charge on any atom is -0.381 e. The van der Waals surface area contributed by atoms with E-state index in [0.29, 0.717) is 17.6 Å². The number of thioether (sulfide) groups is 1. The standard InChI is InChI=1S/C19H26N2O3S/c1-14-6-16(9-20-8-14)18(22)21-12-19(13-21)7-17(11-25-19)24-10-15-2-4-23-5-3-15/h6,8-9,15,17H,2-5,7,10-13H2,1H3/t17-/m1/s1. The molecule has 1 spiro atoms. The molecule has 0 aromatic carbocycles. The number of rotatable bonds is 4. The summed E-state index contributed by atoms with van der Waals surface area (Å²) in [5, 5.41) is 0. The van der Waals surface area contributed by atoms with Gasteiger partial charge < -0.3 is 14.4 Å². The fourth-order valence-corrected chi connectivity index (χ4v) is 5.51. The van der Waals surface area contributed by atoms with Gasteiger partial charge in [-0.1, -0.05) is 0 Å². The molecule has 3 fully saturated rings. The van der Waals surface area contributed by atoms with E-state index < -0.39 is 0 Å². The van der Waals surface area contributed by atoms with Crippen molar-refractivity contribution in [1.29, 1.82) is 0 Å². The van der Waals surface area contributed by atoms with Gasteiger partial charge in [-0.2, -0.15) is 0 Å². The molecule has 25 heavy (non-hydrogen) atoms. The molecule has 5 nitrogen and oxygen atoms in total. The highest BCUT2D eigenvalue weighted by atomic mass is 32.2. The van der Waals surface area contributed by atoms with Crippen molar-refractivity contribution in [3.63, 3.8) is 0 Å². The van der Waals surface area contributed by atoms with E-state index in [1.165, 1.54) is 0 Å². The lowest BCUT2D eigenvalue weighted by Crippen LogP contribution is -2.60. The van der Waals surface area contributed by atoms with Gasteiger partial charge in [-0.3, -0.25) is 9.78 Å². The molecule has 0 radical (unpaired) electrons. The molecule has 0 aliphatic carbocycles. The number of hydrogen-bond acceptors (Lipinski definition) is 5. The second-order valence-electron chi connectivity index (χ2n) is 7.62. The first-order valence-corrected chi connectivity index (χ1v) is 10.2. The molecular formula is C19H26N2O3S. The number of nitrogens with zero attached hydrogens (tertiary/aromatic N) is 2. The zero-order chi connectivity index (χ0) is 17.3. The third-order valence-corrected chi connectivity index (χ3v) is 7.03. The average molecular weight is 362 g/mol. The van der Waals surface area contributed by atoms with Crippen LogP contribution in [0.15, 0.2) is 18.5 Å². The third-order valence-electron chi connectivity index (χ3n) is 5.45. The second kappa shape index (κ2) is 7.25. The predicted molar refractivity (Wildman–Crippen MR) is 98.0 cm³/mol. The van der Waals surface area contributed by atoms with Crippen LogP contribution in [-0.4, -0.2) is 65.3 Å². The molecule has 136 valence electrons. The molecule has 1 aromatic rings. The Hall–Kier alpha value is -1.11. The summed E-state index contributed by atoms with van der Waals surface area (Å²) >= 11 is 1.99. The molecule has 6 heteroatoms. The van der Waals surface area contributed by atoms with Gasteiger partial charge in [-0.15, -0.1) is 11.8 Å². The Morgan fingerprint density at radius 1 is 1.40 bits per heavy atom. The topological polar surface area (TPSA) is 51.7 Å². The van der Waals surface area contributed by atoms with Crippen LogP contribution in [0.1, 0.15) is 35.2 Å². The number of carbonyl (C=O) groups is 1. The van der Waals surface area contributed by atoms with Crippen LogP contribution >= 0.6 is 11.8 Å². The molecule has 0 bridgehead atoms. The van der Waals surface area contributed by atoms with Crippen LogP contribution in [0.3, 0.4) is 0 Å². The van der Waals surface area contributed by atoms with Gasteiger partial charge in [-0.05, 0) is 43.7 Å². The van der Waals surface area contributed by atoms with Gasteiger partial charge in [0.2, 0.25) is 0 Å². The first-order chi connectivity index (χ1) is 12.1. The SMILES string of the molecule is Cc1cncc(C(=O)N2CC3(C[C@@H](OCC4CCOCC4)CS3)C2)c1. The summed E-state index contributed by atoms with van der Waals surface area (Å²) in [7, 11) is 0. The number of likely N-dealkylation sites (tertiary alicyclic amines) is 1. The lowest BCUT2D eigenvalue weighted by Gasteiger charge is -2.47. The normalized spacial score (nSPS) is 26.0. The van der Waals surface area contributed by atoms with E-state index in [9.17, 15) is 4.79 Å². The summed E-state index contributed by atoms with van der Waals surface area (Å²) in [5.41, 5.74) is 1.73. The Morgan fingerprint density at radius 3 is 2.96 bits per heavy atom. The van der Waals surface area contributed by atoms with Gasteiger partial charge in [0, 0.05) is 51.1 Å². The number of aromatic nitrogens is 1. The molecule has 3 aliphatic rings. The minimum absolute atomic E-state index is 0.106. The highest BCUT2D eigenvalue weighted by molar-refractivity contribution is 8.01. The Kier molecular flexibility index (Phi) is 5.02. The average Bonchev–Trinajstić information content (AvgIpc) is 3.04. The van der Waals surface area contributed by atoms with Crippen molar-refractivity contribution in [1.82, 2.24) is 9.88 Å².